The van der Waals surface area contributed by atoms with Crippen LogP contribution < -0.4 is 29.6 Å². The van der Waals surface area contributed by atoms with Crippen LogP contribution in [0.25, 0.3) is 0 Å². The summed E-state index contributed by atoms with van der Waals surface area (Å²) in [5, 5.41) is 5.86. The molecule has 0 spiro atoms. The quantitative estimate of drug-likeness (QED) is 0.0753. The molecule has 2 aliphatic heterocycles. The highest BCUT2D eigenvalue weighted by Crippen LogP contribution is 2.33. The molecule has 0 bridgehead atoms. The number of nitrogens with one attached hydrogen (secondary N) is 2. The highest BCUT2D eigenvalue weighted by Gasteiger charge is 2.45. The molecule has 56 heavy (non-hydrogen) atoms. The highest BCUT2D eigenvalue weighted by molar-refractivity contribution is 6.29. The summed E-state index contributed by atoms with van der Waals surface area (Å²) < 4.78 is 28.7. The lowest BCUT2D eigenvalue weighted by molar-refractivity contribution is -0.136. The second kappa shape index (κ2) is 18.8. The van der Waals surface area contributed by atoms with E-state index in [0.717, 1.165) is 34.6 Å². The fourth-order valence-electron chi connectivity index (χ4n) is 6.65. The van der Waals surface area contributed by atoms with Crippen molar-refractivity contribution in [3.63, 3.8) is 0 Å². The number of hydrogen-bond donors (Lipinski definition) is 2. The largest absolute Gasteiger partial charge is 0.493 e. The lowest BCUT2D eigenvalue weighted by Crippen LogP contribution is -2.54. The maximum absolute atomic E-state index is 13.4. The van der Waals surface area contributed by atoms with Crippen LogP contribution in [0, 0.1) is 0 Å². The Morgan fingerprint density at radius 1 is 0.839 bits per heavy atom. The summed E-state index contributed by atoms with van der Waals surface area (Å²) in [6.07, 6.45) is 2.57. The van der Waals surface area contributed by atoms with Crippen LogP contribution in [0.3, 0.4) is 0 Å². The SMILES string of the molecule is COc1ccc(CCN(CCOCCNc2cccc3c2C(=O)N(C2CCC(=O)NC2=O)C3=O)Cc2ccc(OCc3ccc(Cl)nc3)c(OC)c2)cc1OC. The van der Waals surface area contributed by atoms with E-state index in [9.17, 15) is 19.2 Å². The number of carbonyl (C=O) groups excluding carboxylic acids is 4. The molecule has 1 fully saturated rings. The van der Waals surface area contributed by atoms with E-state index in [1.165, 1.54) is 0 Å². The number of methoxy groups -OCH3 is 3. The van der Waals surface area contributed by atoms with Crippen LogP contribution in [0.5, 0.6) is 23.0 Å². The highest BCUT2D eigenvalue weighted by atomic mass is 35.5. The summed E-state index contributed by atoms with van der Waals surface area (Å²) in [5.74, 6) is 0.366. The van der Waals surface area contributed by atoms with Crippen LogP contribution in [-0.4, -0.2) is 98.6 Å². The van der Waals surface area contributed by atoms with Crippen LogP contribution in [0.2, 0.25) is 5.15 Å². The molecular weight excluding hydrogens is 742 g/mol. The average molecular weight is 786 g/mol. The predicted octanol–water partition coefficient (Wildman–Crippen LogP) is 4.91. The molecule has 0 radical (unpaired) electrons. The molecule has 294 valence electrons. The topological polar surface area (TPSA) is 158 Å². The van der Waals surface area contributed by atoms with E-state index >= 15 is 0 Å². The number of hydrogen-bond acceptors (Lipinski definition) is 12. The summed E-state index contributed by atoms with van der Waals surface area (Å²) in [4.78, 5) is 58.1. The molecule has 6 rings (SSSR count). The minimum atomic E-state index is -1.03. The number of ether oxygens (including phenoxy) is 5. The molecule has 4 amide bonds. The monoisotopic (exact) mass is 785 g/mol. The summed E-state index contributed by atoms with van der Waals surface area (Å²) >= 11 is 5.92. The number of nitrogens with zero attached hydrogens (tertiary/aromatic N) is 3. The number of carbonyl (C=O) groups is 4. The fraction of sp³-hybridized carbons (Fsp3) is 0.341. The van der Waals surface area contributed by atoms with Crippen LogP contribution in [0.1, 0.15) is 50.2 Å². The van der Waals surface area contributed by atoms with E-state index in [1.807, 2.05) is 42.5 Å². The van der Waals surface area contributed by atoms with E-state index in [-0.39, 0.29) is 24.0 Å². The Morgan fingerprint density at radius 3 is 2.32 bits per heavy atom. The van der Waals surface area contributed by atoms with E-state index in [0.29, 0.717) is 73.3 Å². The molecule has 1 aromatic heterocycles. The number of halogens is 1. The first-order valence-electron chi connectivity index (χ1n) is 18.2. The van der Waals surface area contributed by atoms with Gasteiger partial charge in [0.15, 0.2) is 23.0 Å². The molecule has 1 atom stereocenters. The van der Waals surface area contributed by atoms with Crippen molar-refractivity contribution < 1.29 is 42.9 Å². The van der Waals surface area contributed by atoms with Crippen LogP contribution in [0.15, 0.2) is 72.9 Å². The minimum Gasteiger partial charge on any atom is -0.493 e. The average Bonchev–Trinajstić information content (AvgIpc) is 3.46. The molecule has 2 N–H and O–H groups in total. The van der Waals surface area contributed by atoms with Gasteiger partial charge in [-0.2, -0.15) is 0 Å². The van der Waals surface area contributed by atoms with Gasteiger partial charge in [0.05, 0.1) is 45.7 Å². The van der Waals surface area contributed by atoms with Crippen molar-refractivity contribution in [2.75, 3.05) is 59.5 Å². The van der Waals surface area contributed by atoms with Gasteiger partial charge in [-0.1, -0.05) is 35.9 Å². The molecule has 15 heteroatoms. The van der Waals surface area contributed by atoms with Gasteiger partial charge >= 0.3 is 0 Å². The third-order valence-electron chi connectivity index (χ3n) is 9.56. The number of imide groups is 2. The van der Waals surface area contributed by atoms with Crippen molar-refractivity contribution in [2.45, 2.75) is 38.5 Å². The van der Waals surface area contributed by atoms with Crippen LogP contribution in [0.4, 0.5) is 5.69 Å². The standard InChI is InChI=1S/C41H44ClN5O9/c1-52-32-11-7-26(21-34(32)53-2)15-17-46(24-27-8-12-33(35(22-27)54-3)56-25-28-9-13-36(42)44-23-28)18-20-55-19-16-43-30-6-4-5-29-38(30)41(51)47(40(29)50)31-10-14-37(48)45-39(31)49/h4-9,11-13,21-23,31,43H,10,14-20,24-25H2,1-3H3,(H,45,48,49). The Bertz CT molecular complexity index is 2060. The van der Waals surface area contributed by atoms with Crippen molar-refractivity contribution in [1.29, 1.82) is 0 Å². The number of fused-ring (bicyclic) bond motifs is 1. The van der Waals surface area contributed by atoms with Gasteiger partial charge in [-0.05, 0) is 66.4 Å². The van der Waals surface area contributed by atoms with Gasteiger partial charge in [-0.25, -0.2) is 4.98 Å². The van der Waals surface area contributed by atoms with Crippen molar-refractivity contribution in [2.24, 2.45) is 0 Å². The maximum Gasteiger partial charge on any atom is 0.264 e. The summed E-state index contributed by atoms with van der Waals surface area (Å²) in [6.45, 7) is 3.38. The first-order valence-corrected chi connectivity index (χ1v) is 18.6. The Hall–Kier alpha value is -5.70. The van der Waals surface area contributed by atoms with E-state index in [1.54, 1.807) is 51.8 Å². The van der Waals surface area contributed by atoms with Crippen molar-refractivity contribution in [3.8, 4) is 23.0 Å². The summed E-state index contributed by atoms with van der Waals surface area (Å²) in [7, 11) is 4.84. The molecule has 1 saturated heterocycles. The zero-order valence-electron chi connectivity index (χ0n) is 31.5. The third kappa shape index (κ3) is 9.56. The molecule has 0 saturated carbocycles. The molecule has 1 unspecified atom stereocenters. The van der Waals surface area contributed by atoms with Gasteiger partial charge in [0.2, 0.25) is 11.8 Å². The van der Waals surface area contributed by atoms with Gasteiger partial charge in [0.1, 0.15) is 17.8 Å². The van der Waals surface area contributed by atoms with Gasteiger partial charge in [0, 0.05) is 50.0 Å². The van der Waals surface area contributed by atoms with Gasteiger partial charge in [0.25, 0.3) is 11.8 Å². The molecule has 3 aromatic carbocycles. The molecular formula is C41H44ClN5O9. The Labute approximate surface area is 330 Å². The second-order valence-corrected chi connectivity index (χ2v) is 13.6. The summed E-state index contributed by atoms with van der Waals surface area (Å²) in [6, 6.07) is 19.3. The fourth-order valence-corrected chi connectivity index (χ4v) is 6.76. The van der Waals surface area contributed by atoms with Crippen molar-refractivity contribution in [1.82, 2.24) is 20.1 Å². The van der Waals surface area contributed by atoms with Crippen molar-refractivity contribution >= 4 is 40.9 Å². The molecule has 4 aromatic rings. The zero-order valence-corrected chi connectivity index (χ0v) is 32.2. The lowest BCUT2D eigenvalue weighted by Gasteiger charge is -2.27. The number of pyridine rings is 1. The number of amides is 4. The number of rotatable bonds is 19. The van der Waals surface area contributed by atoms with Gasteiger partial charge in [-0.3, -0.25) is 34.3 Å². The van der Waals surface area contributed by atoms with Crippen LogP contribution in [-0.2, 0) is 33.9 Å². The van der Waals surface area contributed by atoms with E-state index in [4.69, 9.17) is 35.3 Å². The number of aromatic nitrogens is 1. The smallest absolute Gasteiger partial charge is 0.264 e. The zero-order chi connectivity index (χ0) is 39.6. The van der Waals surface area contributed by atoms with Crippen molar-refractivity contribution in [3.05, 3.63) is 106 Å². The van der Waals surface area contributed by atoms with E-state index in [2.05, 4.69) is 20.5 Å². The third-order valence-corrected chi connectivity index (χ3v) is 9.79. The van der Waals surface area contributed by atoms with E-state index < -0.39 is 29.7 Å². The Kier molecular flexibility index (Phi) is 13.4. The van der Waals surface area contributed by atoms with Gasteiger partial charge in [-0.15, -0.1) is 0 Å². The first-order chi connectivity index (χ1) is 27.2. The first kappa shape index (κ1) is 40.0. The lowest BCUT2D eigenvalue weighted by atomic mass is 10.0. The Balaban J connectivity index is 1.06. The normalized spacial score (nSPS) is 15.2. The maximum atomic E-state index is 13.4. The molecule has 0 aliphatic carbocycles. The number of benzene rings is 3. The second-order valence-electron chi connectivity index (χ2n) is 13.2. The molecule has 14 nitrogen and oxygen atoms in total. The number of piperidine rings is 1. The van der Waals surface area contributed by atoms with Gasteiger partial charge < -0.3 is 29.0 Å². The Morgan fingerprint density at radius 2 is 1.57 bits per heavy atom. The predicted molar refractivity (Wildman–Crippen MR) is 208 cm³/mol. The molecule has 3 heterocycles. The molecule has 2 aliphatic rings. The minimum absolute atomic E-state index is 0.0550. The van der Waals surface area contributed by atoms with Crippen LogP contribution >= 0.6 is 11.6 Å². The summed E-state index contributed by atoms with van der Waals surface area (Å²) in [5.41, 5.74) is 3.89. The number of anilines is 1.